The van der Waals surface area contributed by atoms with Gasteiger partial charge in [-0.3, -0.25) is 9.59 Å². The zero-order valence-electron chi connectivity index (χ0n) is 15.7. The topological polar surface area (TPSA) is 112 Å². The molecule has 1 heterocycles. The van der Waals surface area contributed by atoms with Crippen LogP contribution in [-0.4, -0.2) is 23.1 Å². The number of rotatable bonds is 8. The lowest BCUT2D eigenvalue weighted by atomic mass is 10.1. The van der Waals surface area contributed by atoms with Crippen LogP contribution in [-0.2, 0) is 17.9 Å². The molecule has 0 aliphatic rings. The number of nitrogens with two attached hydrogens (primary N) is 2. The molecule has 1 amide bonds. The number of pyridine rings is 1. The Bertz CT molecular complexity index is 1030. The summed E-state index contributed by atoms with van der Waals surface area (Å²) in [7, 11) is 0. The summed E-state index contributed by atoms with van der Waals surface area (Å²) < 4.78 is 7.52. The molecular weight excluding hydrogens is 356 g/mol. The normalized spacial score (nSPS) is 12.1. The van der Waals surface area contributed by atoms with Crippen molar-refractivity contribution in [2.75, 3.05) is 6.54 Å². The predicted octanol–water partition coefficient (Wildman–Crippen LogP) is 1.72. The van der Waals surface area contributed by atoms with Crippen molar-refractivity contribution in [2.45, 2.75) is 26.1 Å². The fraction of sp³-hybridized carbons (Fsp3) is 0.238. The number of ether oxygens (including phenoxy) is 1. The molecule has 5 N–H and O–H groups in total. The molecule has 1 unspecified atom stereocenters. The van der Waals surface area contributed by atoms with Gasteiger partial charge in [-0.05, 0) is 42.6 Å². The number of nitrogens with zero attached hydrogens (tertiary/aromatic N) is 1. The summed E-state index contributed by atoms with van der Waals surface area (Å²) in [5.74, 6) is 0.888. The average Bonchev–Trinajstić information content (AvgIpc) is 2.69. The maximum Gasteiger partial charge on any atom is 0.255 e. The van der Waals surface area contributed by atoms with E-state index in [2.05, 4.69) is 5.32 Å². The Hall–Kier alpha value is -3.16. The summed E-state index contributed by atoms with van der Waals surface area (Å²) in [6, 6.07) is 16.3. The molecule has 1 aromatic heterocycles. The van der Waals surface area contributed by atoms with Crippen LogP contribution in [0.5, 0.6) is 11.5 Å². The first kappa shape index (κ1) is 19.6. The third kappa shape index (κ3) is 4.39. The van der Waals surface area contributed by atoms with Gasteiger partial charge in [-0.25, -0.2) is 0 Å². The van der Waals surface area contributed by atoms with Crippen molar-refractivity contribution in [1.82, 2.24) is 9.88 Å². The Morgan fingerprint density at radius 3 is 2.57 bits per heavy atom. The number of hydrogen-bond acceptors (Lipinski definition) is 5. The van der Waals surface area contributed by atoms with Crippen LogP contribution >= 0.6 is 0 Å². The standard InChI is InChI=1S/C21H24N4O3/c1-14(20(23)26)24-13-16-11-15-7-8-18(28-17-5-3-2-4-6-17)12-19(15)25(10-9-22)21(16)27/h2-8,11-12,14,24H,9-10,13,22H2,1H3,(H2,23,26). The predicted molar refractivity (Wildman–Crippen MR) is 109 cm³/mol. The summed E-state index contributed by atoms with van der Waals surface area (Å²) in [5, 5.41) is 3.86. The van der Waals surface area contributed by atoms with E-state index in [0.29, 0.717) is 24.4 Å². The molecule has 146 valence electrons. The molecule has 0 aliphatic carbocycles. The first-order chi connectivity index (χ1) is 13.5. The van der Waals surface area contributed by atoms with E-state index in [0.717, 1.165) is 16.7 Å². The van der Waals surface area contributed by atoms with Gasteiger partial charge in [0.15, 0.2) is 0 Å². The van der Waals surface area contributed by atoms with Crippen molar-refractivity contribution in [3.63, 3.8) is 0 Å². The van der Waals surface area contributed by atoms with E-state index in [1.54, 1.807) is 11.5 Å². The number of nitrogens with one attached hydrogen (secondary N) is 1. The van der Waals surface area contributed by atoms with Gasteiger partial charge >= 0.3 is 0 Å². The molecule has 0 saturated heterocycles. The van der Waals surface area contributed by atoms with Gasteiger partial charge < -0.3 is 26.1 Å². The van der Waals surface area contributed by atoms with Crippen LogP contribution in [0.2, 0.25) is 0 Å². The van der Waals surface area contributed by atoms with Gasteiger partial charge in [-0.2, -0.15) is 0 Å². The molecule has 3 aromatic rings. The Balaban J connectivity index is 1.98. The van der Waals surface area contributed by atoms with Gasteiger partial charge in [0.1, 0.15) is 11.5 Å². The Morgan fingerprint density at radius 1 is 1.14 bits per heavy atom. The third-order valence-corrected chi connectivity index (χ3v) is 4.50. The summed E-state index contributed by atoms with van der Waals surface area (Å²) >= 11 is 0. The van der Waals surface area contributed by atoms with Crippen molar-refractivity contribution in [3.05, 3.63) is 70.5 Å². The molecule has 0 radical (unpaired) electrons. The highest BCUT2D eigenvalue weighted by atomic mass is 16.5. The number of carbonyl (C=O) groups excluding carboxylic acids is 1. The van der Waals surface area contributed by atoms with Gasteiger partial charge in [0.25, 0.3) is 5.56 Å². The van der Waals surface area contributed by atoms with E-state index in [4.69, 9.17) is 16.2 Å². The van der Waals surface area contributed by atoms with Gasteiger partial charge in [0.05, 0.1) is 11.6 Å². The molecule has 3 rings (SSSR count). The van der Waals surface area contributed by atoms with Gasteiger partial charge in [-0.15, -0.1) is 0 Å². The number of para-hydroxylation sites is 1. The van der Waals surface area contributed by atoms with Gasteiger partial charge in [0, 0.05) is 31.3 Å². The van der Waals surface area contributed by atoms with Crippen molar-refractivity contribution in [2.24, 2.45) is 11.5 Å². The lowest BCUT2D eigenvalue weighted by molar-refractivity contribution is -0.119. The minimum atomic E-state index is -0.528. The highest BCUT2D eigenvalue weighted by Crippen LogP contribution is 2.25. The maximum absolute atomic E-state index is 12.9. The first-order valence-corrected chi connectivity index (χ1v) is 9.11. The van der Waals surface area contributed by atoms with Crippen LogP contribution in [0.4, 0.5) is 0 Å². The third-order valence-electron chi connectivity index (χ3n) is 4.50. The summed E-state index contributed by atoms with van der Waals surface area (Å²) in [4.78, 5) is 24.2. The van der Waals surface area contributed by atoms with E-state index in [1.807, 2.05) is 54.6 Å². The monoisotopic (exact) mass is 380 g/mol. The zero-order chi connectivity index (χ0) is 20.1. The Kier molecular flexibility index (Phi) is 6.08. The van der Waals surface area contributed by atoms with Crippen molar-refractivity contribution in [1.29, 1.82) is 0 Å². The SMILES string of the molecule is CC(NCc1cc2ccc(Oc3ccccc3)cc2n(CCN)c1=O)C(N)=O. The second kappa shape index (κ2) is 8.69. The van der Waals surface area contributed by atoms with Crippen LogP contribution in [0.1, 0.15) is 12.5 Å². The van der Waals surface area contributed by atoms with Crippen LogP contribution in [0.3, 0.4) is 0 Å². The number of aromatic nitrogens is 1. The maximum atomic E-state index is 12.9. The fourth-order valence-electron chi connectivity index (χ4n) is 2.94. The van der Waals surface area contributed by atoms with E-state index < -0.39 is 11.9 Å². The highest BCUT2D eigenvalue weighted by Gasteiger charge is 2.13. The van der Waals surface area contributed by atoms with E-state index in [1.165, 1.54) is 0 Å². The molecular formula is C21H24N4O3. The number of amides is 1. The van der Waals surface area contributed by atoms with Crippen molar-refractivity contribution < 1.29 is 9.53 Å². The quantitative estimate of drug-likeness (QED) is 0.551. The molecule has 1 atom stereocenters. The number of carbonyl (C=O) groups is 1. The summed E-state index contributed by atoms with van der Waals surface area (Å²) in [6.07, 6.45) is 0. The molecule has 0 bridgehead atoms. The van der Waals surface area contributed by atoms with Crippen LogP contribution < -0.4 is 27.1 Å². The van der Waals surface area contributed by atoms with E-state index in [-0.39, 0.29) is 12.1 Å². The lowest BCUT2D eigenvalue weighted by Crippen LogP contribution is -2.40. The molecule has 7 nitrogen and oxygen atoms in total. The molecule has 2 aromatic carbocycles. The lowest BCUT2D eigenvalue weighted by Gasteiger charge is -2.15. The minimum absolute atomic E-state index is 0.154. The highest BCUT2D eigenvalue weighted by molar-refractivity contribution is 5.81. The molecule has 7 heteroatoms. The molecule has 0 spiro atoms. The smallest absolute Gasteiger partial charge is 0.255 e. The Labute approximate surface area is 162 Å². The molecule has 0 saturated carbocycles. The molecule has 28 heavy (non-hydrogen) atoms. The average molecular weight is 380 g/mol. The number of hydrogen-bond donors (Lipinski definition) is 3. The van der Waals surface area contributed by atoms with Crippen LogP contribution in [0, 0.1) is 0 Å². The van der Waals surface area contributed by atoms with Crippen LogP contribution in [0.25, 0.3) is 10.9 Å². The molecule has 0 aliphatic heterocycles. The number of primary amides is 1. The van der Waals surface area contributed by atoms with Crippen LogP contribution in [0.15, 0.2) is 59.4 Å². The van der Waals surface area contributed by atoms with Crippen molar-refractivity contribution in [3.8, 4) is 11.5 Å². The van der Waals surface area contributed by atoms with E-state index in [9.17, 15) is 9.59 Å². The Morgan fingerprint density at radius 2 is 1.89 bits per heavy atom. The second-order valence-corrected chi connectivity index (χ2v) is 6.56. The largest absolute Gasteiger partial charge is 0.457 e. The minimum Gasteiger partial charge on any atom is -0.457 e. The molecule has 0 fully saturated rings. The fourth-order valence-corrected chi connectivity index (χ4v) is 2.94. The summed E-state index contributed by atoms with van der Waals surface area (Å²) in [6.45, 7) is 2.61. The van der Waals surface area contributed by atoms with E-state index >= 15 is 0 Å². The van der Waals surface area contributed by atoms with Crippen molar-refractivity contribution >= 4 is 16.8 Å². The summed E-state index contributed by atoms with van der Waals surface area (Å²) in [5.41, 5.74) is 12.1. The van der Waals surface area contributed by atoms with Gasteiger partial charge in [0.2, 0.25) is 5.91 Å². The number of benzene rings is 2. The number of fused-ring (bicyclic) bond motifs is 1. The van der Waals surface area contributed by atoms with Gasteiger partial charge in [-0.1, -0.05) is 18.2 Å². The second-order valence-electron chi connectivity index (χ2n) is 6.56. The zero-order valence-corrected chi connectivity index (χ0v) is 15.7. The first-order valence-electron chi connectivity index (χ1n) is 9.11.